The van der Waals surface area contributed by atoms with E-state index in [2.05, 4.69) is 15.0 Å². The van der Waals surface area contributed by atoms with Crippen LogP contribution < -0.4 is 5.56 Å². The Labute approximate surface area is 118 Å². The van der Waals surface area contributed by atoms with Gasteiger partial charge in [-0.15, -0.1) is 0 Å². The molecule has 0 spiro atoms. The molecule has 0 saturated carbocycles. The van der Waals surface area contributed by atoms with Crippen LogP contribution in [0, 0.1) is 5.92 Å². The molecule has 0 radical (unpaired) electrons. The molecule has 2 aliphatic rings. The number of hydrogen-bond acceptors (Lipinski definition) is 7. The lowest BCUT2D eigenvalue weighted by Crippen LogP contribution is -2.52. The lowest BCUT2D eigenvalue weighted by molar-refractivity contribution is -0.163. The molecule has 0 unspecified atom stereocenters. The standard InChI is InChI=1S/C12H14N4O5/c17-2-12-3-20-1-6(8(12)18)11(21-12)16-5-15-7-9(16)13-4-14-10(7)19/h4-6,8,11,17-18H,1-3H2,(H,13,14,19)/t6-,8+,11+,12-/m1/s1. The number of aromatic nitrogens is 4. The summed E-state index contributed by atoms with van der Waals surface area (Å²) >= 11 is 0. The average Bonchev–Trinajstić information content (AvgIpc) is 2.96. The largest absolute Gasteiger partial charge is 0.393 e. The Hall–Kier alpha value is -1.81. The van der Waals surface area contributed by atoms with E-state index >= 15 is 0 Å². The molecule has 2 aromatic heterocycles. The second-order valence-electron chi connectivity index (χ2n) is 5.41. The number of nitrogens with zero attached hydrogens (tertiary/aromatic N) is 3. The number of nitrogens with one attached hydrogen (secondary N) is 1. The van der Waals surface area contributed by atoms with E-state index in [1.54, 1.807) is 4.57 Å². The predicted molar refractivity (Wildman–Crippen MR) is 68.4 cm³/mol. The molecule has 4 atom stereocenters. The Morgan fingerprint density at radius 1 is 1.52 bits per heavy atom. The molecule has 0 aromatic carbocycles. The van der Waals surface area contributed by atoms with E-state index in [4.69, 9.17) is 9.47 Å². The third-order valence-electron chi connectivity index (χ3n) is 4.23. The molecule has 2 aliphatic heterocycles. The molecule has 112 valence electrons. The van der Waals surface area contributed by atoms with Crippen molar-refractivity contribution in [3.8, 4) is 0 Å². The Balaban J connectivity index is 1.83. The van der Waals surface area contributed by atoms with Gasteiger partial charge in [-0.1, -0.05) is 0 Å². The van der Waals surface area contributed by atoms with Crippen molar-refractivity contribution in [3.05, 3.63) is 23.0 Å². The van der Waals surface area contributed by atoms with Gasteiger partial charge < -0.3 is 24.7 Å². The monoisotopic (exact) mass is 294 g/mol. The first kappa shape index (κ1) is 12.9. The summed E-state index contributed by atoms with van der Waals surface area (Å²) < 4.78 is 12.9. The van der Waals surface area contributed by atoms with E-state index in [9.17, 15) is 15.0 Å². The molecule has 2 fully saturated rings. The molecule has 4 rings (SSSR count). The third-order valence-corrected chi connectivity index (χ3v) is 4.23. The molecule has 0 amide bonds. The van der Waals surface area contributed by atoms with Crippen LogP contribution in [0.3, 0.4) is 0 Å². The van der Waals surface area contributed by atoms with Gasteiger partial charge in [0.05, 0.1) is 44.5 Å². The number of rotatable bonds is 2. The van der Waals surface area contributed by atoms with Gasteiger partial charge in [0, 0.05) is 0 Å². The normalized spacial score (nSPS) is 35.4. The van der Waals surface area contributed by atoms with Gasteiger partial charge in [0.15, 0.2) is 11.2 Å². The van der Waals surface area contributed by atoms with Crippen LogP contribution in [0.2, 0.25) is 0 Å². The predicted octanol–water partition coefficient (Wildman–Crippen LogP) is -1.61. The summed E-state index contributed by atoms with van der Waals surface area (Å²) in [5, 5.41) is 19.9. The van der Waals surface area contributed by atoms with Gasteiger partial charge in [0.1, 0.15) is 11.8 Å². The van der Waals surface area contributed by atoms with Crippen LogP contribution in [0.4, 0.5) is 0 Å². The molecule has 9 nitrogen and oxygen atoms in total. The van der Waals surface area contributed by atoms with Crippen LogP contribution >= 0.6 is 0 Å². The van der Waals surface area contributed by atoms with Crippen molar-refractivity contribution in [2.24, 2.45) is 5.92 Å². The first-order valence-corrected chi connectivity index (χ1v) is 6.61. The van der Waals surface area contributed by atoms with Crippen LogP contribution in [-0.4, -0.2) is 61.3 Å². The van der Waals surface area contributed by atoms with Crippen molar-refractivity contribution in [2.75, 3.05) is 19.8 Å². The van der Waals surface area contributed by atoms with Crippen LogP contribution in [0.25, 0.3) is 11.2 Å². The molecule has 21 heavy (non-hydrogen) atoms. The molecular formula is C12H14N4O5. The van der Waals surface area contributed by atoms with Crippen LogP contribution in [0.15, 0.2) is 17.4 Å². The topological polar surface area (TPSA) is 122 Å². The number of fused-ring (bicyclic) bond motifs is 3. The van der Waals surface area contributed by atoms with Crippen molar-refractivity contribution < 1.29 is 19.7 Å². The summed E-state index contributed by atoms with van der Waals surface area (Å²) in [5.41, 5.74) is -0.897. The van der Waals surface area contributed by atoms with Crippen molar-refractivity contribution in [1.82, 2.24) is 19.5 Å². The number of aliphatic hydroxyl groups is 2. The van der Waals surface area contributed by atoms with E-state index < -0.39 is 17.9 Å². The maximum absolute atomic E-state index is 11.7. The summed E-state index contributed by atoms with van der Waals surface area (Å²) in [6.45, 7) is 0.0799. The molecule has 4 heterocycles. The summed E-state index contributed by atoms with van der Waals surface area (Å²) in [4.78, 5) is 22.3. The first-order chi connectivity index (χ1) is 10.2. The maximum atomic E-state index is 11.7. The molecule has 2 saturated heterocycles. The molecular weight excluding hydrogens is 280 g/mol. The van der Waals surface area contributed by atoms with Crippen LogP contribution in [0.1, 0.15) is 6.23 Å². The van der Waals surface area contributed by atoms with Gasteiger partial charge in [-0.25, -0.2) is 9.97 Å². The fraction of sp³-hybridized carbons (Fsp3) is 0.583. The maximum Gasteiger partial charge on any atom is 0.278 e. The average molecular weight is 294 g/mol. The van der Waals surface area contributed by atoms with Crippen molar-refractivity contribution in [1.29, 1.82) is 0 Å². The molecule has 9 heteroatoms. The van der Waals surface area contributed by atoms with Crippen molar-refractivity contribution >= 4 is 11.2 Å². The summed E-state index contributed by atoms with van der Waals surface area (Å²) in [6, 6.07) is 0. The number of aliphatic hydroxyl groups excluding tert-OH is 2. The van der Waals surface area contributed by atoms with Crippen molar-refractivity contribution in [3.63, 3.8) is 0 Å². The zero-order valence-electron chi connectivity index (χ0n) is 11.0. The molecule has 0 aliphatic carbocycles. The minimum Gasteiger partial charge on any atom is -0.393 e. The second-order valence-corrected chi connectivity index (χ2v) is 5.41. The minimum atomic E-state index is -1.13. The van der Waals surface area contributed by atoms with E-state index in [0.717, 1.165) is 0 Å². The fourth-order valence-corrected chi connectivity index (χ4v) is 3.09. The van der Waals surface area contributed by atoms with Gasteiger partial charge in [-0.3, -0.25) is 9.36 Å². The fourth-order valence-electron chi connectivity index (χ4n) is 3.09. The van der Waals surface area contributed by atoms with E-state index in [1.165, 1.54) is 12.7 Å². The molecule has 2 aromatic rings. The Morgan fingerprint density at radius 2 is 2.38 bits per heavy atom. The zero-order chi connectivity index (χ0) is 14.6. The summed E-state index contributed by atoms with van der Waals surface area (Å²) in [5.74, 6) is -0.357. The quantitative estimate of drug-likeness (QED) is 0.608. The highest BCUT2D eigenvalue weighted by molar-refractivity contribution is 5.68. The van der Waals surface area contributed by atoms with Crippen molar-refractivity contribution in [2.45, 2.75) is 17.9 Å². The van der Waals surface area contributed by atoms with E-state index in [-0.39, 0.29) is 30.2 Å². The van der Waals surface area contributed by atoms with Crippen LogP contribution in [0.5, 0.6) is 0 Å². The van der Waals surface area contributed by atoms with Crippen LogP contribution in [-0.2, 0) is 9.47 Å². The Morgan fingerprint density at radius 3 is 3.14 bits per heavy atom. The van der Waals surface area contributed by atoms with E-state index in [1.807, 2.05) is 0 Å². The highest BCUT2D eigenvalue weighted by Crippen LogP contribution is 2.45. The summed E-state index contributed by atoms with van der Waals surface area (Å²) in [6.07, 6.45) is 1.31. The van der Waals surface area contributed by atoms with Gasteiger partial charge in [0.25, 0.3) is 5.56 Å². The number of imidazole rings is 1. The molecule has 3 N–H and O–H groups in total. The summed E-state index contributed by atoms with van der Waals surface area (Å²) in [7, 11) is 0. The van der Waals surface area contributed by atoms with Gasteiger partial charge >= 0.3 is 0 Å². The van der Waals surface area contributed by atoms with Gasteiger partial charge in [0.2, 0.25) is 0 Å². The SMILES string of the molecule is O=c1[nH]cnc2c1ncn2[C@H]1O[C@]2(CO)COC[C@@H]1[C@@H]2O. The first-order valence-electron chi connectivity index (χ1n) is 6.61. The van der Waals surface area contributed by atoms with Gasteiger partial charge in [-0.2, -0.15) is 0 Å². The minimum absolute atomic E-state index is 0.123. The van der Waals surface area contributed by atoms with E-state index in [0.29, 0.717) is 12.3 Å². The third kappa shape index (κ3) is 1.62. The number of ether oxygens (including phenoxy) is 2. The lowest BCUT2D eigenvalue weighted by atomic mass is 9.89. The van der Waals surface area contributed by atoms with Gasteiger partial charge in [-0.05, 0) is 0 Å². The number of aromatic amines is 1. The zero-order valence-corrected chi connectivity index (χ0v) is 11.0. The Bertz CT molecular complexity index is 743. The molecule has 2 bridgehead atoms. The lowest BCUT2D eigenvalue weighted by Gasteiger charge is -2.33. The Kier molecular flexibility index (Phi) is 2.67. The smallest absolute Gasteiger partial charge is 0.278 e. The highest BCUT2D eigenvalue weighted by Gasteiger charge is 2.58. The number of H-pyrrole nitrogens is 1. The number of hydrogen-bond donors (Lipinski definition) is 3. The highest BCUT2D eigenvalue weighted by atomic mass is 16.6. The second kappa shape index (κ2) is 4.34.